The van der Waals surface area contributed by atoms with Gasteiger partial charge in [-0.1, -0.05) is 11.8 Å². The molecule has 0 aliphatic heterocycles. The van der Waals surface area contributed by atoms with E-state index in [1.165, 1.54) is 0 Å². The maximum absolute atomic E-state index is 11.2. The van der Waals surface area contributed by atoms with Crippen molar-refractivity contribution in [2.75, 3.05) is 12.4 Å². The third kappa shape index (κ3) is 4.29. The van der Waals surface area contributed by atoms with Crippen LogP contribution in [0.2, 0.25) is 0 Å². The summed E-state index contributed by atoms with van der Waals surface area (Å²) in [4.78, 5) is 15.3. The average Bonchev–Trinajstić information content (AvgIpc) is 2.86. The Morgan fingerprint density at radius 1 is 1.43 bits per heavy atom. The van der Waals surface area contributed by atoms with Crippen LogP contribution in [0.25, 0.3) is 11.4 Å². The number of hydrogen-bond donors (Lipinski definition) is 0. The maximum atomic E-state index is 11.2. The van der Waals surface area contributed by atoms with Crippen molar-refractivity contribution in [3.8, 4) is 11.4 Å². The van der Waals surface area contributed by atoms with Gasteiger partial charge in [0, 0.05) is 37.2 Å². The second-order valence-electron chi connectivity index (χ2n) is 4.36. The van der Waals surface area contributed by atoms with Gasteiger partial charge in [-0.05, 0) is 25.5 Å². The first-order valence-electron chi connectivity index (χ1n) is 6.80. The molecule has 0 N–H and O–H groups in total. The molecule has 0 spiro atoms. The van der Waals surface area contributed by atoms with E-state index in [1.807, 2.05) is 30.7 Å². The molecule has 2 heterocycles. The van der Waals surface area contributed by atoms with E-state index in [-0.39, 0.29) is 5.97 Å². The van der Waals surface area contributed by atoms with Crippen LogP contribution >= 0.6 is 11.8 Å². The van der Waals surface area contributed by atoms with Crippen LogP contribution in [-0.2, 0) is 16.6 Å². The van der Waals surface area contributed by atoms with Gasteiger partial charge in [-0.25, -0.2) is 0 Å². The Morgan fingerprint density at radius 3 is 3.00 bits per heavy atom. The fourth-order valence-electron chi connectivity index (χ4n) is 1.80. The van der Waals surface area contributed by atoms with Crippen molar-refractivity contribution in [2.45, 2.75) is 24.9 Å². The van der Waals surface area contributed by atoms with E-state index in [2.05, 4.69) is 15.2 Å². The van der Waals surface area contributed by atoms with E-state index < -0.39 is 0 Å². The molecule has 2 aromatic heterocycles. The SMILES string of the molecule is CCOC(=O)CCCSc1nnc(-c2cccnc2)n1C. The maximum Gasteiger partial charge on any atom is 0.305 e. The smallest absolute Gasteiger partial charge is 0.305 e. The largest absolute Gasteiger partial charge is 0.466 e. The zero-order valence-electron chi connectivity index (χ0n) is 12.2. The first kappa shape index (κ1) is 15.5. The second-order valence-corrected chi connectivity index (χ2v) is 5.43. The predicted molar refractivity (Wildman–Crippen MR) is 80.8 cm³/mol. The minimum Gasteiger partial charge on any atom is -0.466 e. The number of pyridine rings is 1. The molecule has 0 bridgehead atoms. The highest BCUT2D eigenvalue weighted by molar-refractivity contribution is 7.99. The summed E-state index contributed by atoms with van der Waals surface area (Å²) in [5.74, 6) is 1.45. The minimum atomic E-state index is -0.146. The molecule has 112 valence electrons. The zero-order valence-corrected chi connectivity index (χ0v) is 13.0. The van der Waals surface area contributed by atoms with Crippen molar-refractivity contribution in [1.29, 1.82) is 0 Å². The molecule has 0 amide bonds. The van der Waals surface area contributed by atoms with Crippen LogP contribution < -0.4 is 0 Å². The van der Waals surface area contributed by atoms with E-state index >= 15 is 0 Å². The Bertz CT molecular complexity index is 586. The lowest BCUT2D eigenvalue weighted by Crippen LogP contribution is -2.04. The van der Waals surface area contributed by atoms with Crippen LogP contribution in [0, 0.1) is 0 Å². The van der Waals surface area contributed by atoms with Crippen molar-refractivity contribution in [1.82, 2.24) is 19.7 Å². The molecule has 2 aromatic rings. The summed E-state index contributed by atoms with van der Waals surface area (Å²) in [6, 6.07) is 3.82. The number of hydrogen-bond acceptors (Lipinski definition) is 6. The van der Waals surface area contributed by atoms with E-state index in [0.29, 0.717) is 13.0 Å². The monoisotopic (exact) mass is 306 g/mol. The Balaban J connectivity index is 1.88. The number of nitrogens with zero attached hydrogens (tertiary/aromatic N) is 4. The molecule has 0 atom stereocenters. The average molecular weight is 306 g/mol. The number of ether oxygens (including phenoxy) is 1. The lowest BCUT2D eigenvalue weighted by atomic mass is 10.3. The van der Waals surface area contributed by atoms with Gasteiger partial charge in [-0.2, -0.15) is 0 Å². The Kier molecular flexibility index (Phi) is 5.74. The number of rotatable bonds is 7. The third-order valence-corrected chi connectivity index (χ3v) is 3.92. The lowest BCUT2D eigenvalue weighted by molar-refractivity contribution is -0.143. The van der Waals surface area contributed by atoms with E-state index in [0.717, 1.165) is 28.7 Å². The highest BCUT2D eigenvalue weighted by Crippen LogP contribution is 2.22. The van der Waals surface area contributed by atoms with E-state index in [9.17, 15) is 4.79 Å². The molecule has 6 nitrogen and oxygen atoms in total. The summed E-state index contributed by atoms with van der Waals surface area (Å²) in [5, 5.41) is 9.20. The van der Waals surface area contributed by atoms with Gasteiger partial charge in [-0.3, -0.25) is 9.78 Å². The molecule has 0 saturated heterocycles. The zero-order chi connectivity index (χ0) is 15.1. The third-order valence-electron chi connectivity index (χ3n) is 2.82. The fourth-order valence-corrected chi connectivity index (χ4v) is 2.65. The molecule has 21 heavy (non-hydrogen) atoms. The molecular formula is C14H18N4O2S. The summed E-state index contributed by atoms with van der Waals surface area (Å²) in [7, 11) is 1.93. The highest BCUT2D eigenvalue weighted by atomic mass is 32.2. The van der Waals surface area contributed by atoms with Gasteiger partial charge in [0.2, 0.25) is 0 Å². The van der Waals surface area contributed by atoms with E-state index in [1.54, 1.807) is 24.2 Å². The van der Waals surface area contributed by atoms with Crippen molar-refractivity contribution >= 4 is 17.7 Å². The summed E-state index contributed by atoms with van der Waals surface area (Å²) in [6.45, 7) is 2.25. The first-order chi connectivity index (χ1) is 10.2. The normalized spacial score (nSPS) is 10.6. The van der Waals surface area contributed by atoms with Crippen LogP contribution in [0.5, 0.6) is 0 Å². The molecule has 0 radical (unpaired) electrons. The van der Waals surface area contributed by atoms with Gasteiger partial charge in [0.1, 0.15) is 0 Å². The number of carbonyl (C=O) groups is 1. The molecule has 2 rings (SSSR count). The van der Waals surface area contributed by atoms with Crippen LogP contribution in [0.4, 0.5) is 0 Å². The highest BCUT2D eigenvalue weighted by Gasteiger charge is 2.11. The molecule has 0 aliphatic carbocycles. The predicted octanol–water partition coefficient (Wildman–Crippen LogP) is 2.31. The number of carbonyl (C=O) groups excluding carboxylic acids is 1. The van der Waals surface area contributed by atoms with Crippen LogP contribution in [-0.4, -0.2) is 38.1 Å². The van der Waals surface area contributed by atoms with Gasteiger partial charge in [0.05, 0.1) is 6.61 Å². The first-order valence-corrected chi connectivity index (χ1v) is 7.79. The molecule has 0 saturated carbocycles. The van der Waals surface area contributed by atoms with Crippen molar-refractivity contribution in [3.05, 3.63) is 24.5 Å². The van der Waals surface area contributed by atoms with Crippen LogP contribution in [0.3, 0.4) is 0 Å². The fraction of sp³-hybridized carbons (Fsp3) is 0.429. The summed E-state index contributed by atoms with van der Waals surface area (Å²) in [5.41, 5.74) is 0.936. The van der Waals surface area contributed by atoms with Crippen molar-refractivity contribution in [2.24, 2.45) is 7.05 Å². The number of aromatic nitrogens is 4. The Hall–Kier alpha value is -1.89. The molecule has 0 aliphatic rings. The van der Waals surface area contributed by atoms with Crippen molar-refractivity contribution in [3.63, 3.8) is 0 Å². The van der Waals surface area contributed by atoms with Crippen LogP contribution in [0.15, 0.2) is 29.7 Å². The molecule has 7 heteroatoms. The van der Waals surface area contributed by atoms with Crippen molar-refractivity contribution < 1.29 is 9.53 Å². The van der Waals surface area contributed by atoms with Gasteiger partial charge in [0.15, 0.2) is 11.0 Å². The quantitative estimate of drug-likeness (QED) is 0.444. The topological polar surface area (TPSA) is 69.9 Å². The van der Waals surface area contributed by atoms with Gasteiger partial charge in [0.25, 0.3) is 0 Å². The lowest BCUT2D eigenvalue weighted by Gasteiger charge is -2.04. The summed E-state index contributed by atoms with van der Waals surface area (Å²) >= 11 is 1.58. The number of esters is 1. The summed E-state index contributed by atoms with van der Waals surface area (Å²) < 4.78 is 6.83. The summed E-state index contributed by atoms with van der Waals surface area (Å²) in [6.07, 6.45) is 4.69. The molecule has 0 unspecified atom stereocenters. The Morgan fingerprint density at radius 2 is 2.29 bits per heavy atom. The minimum absolute atomic E-state index is 0.146. The van der Waals surface area contributed by atoms with E-state index in [4.69, 9.17) is 4.74 Å². The Labute approximate surface area is 127 Å². The molecule has 0 aromatic carbocycles. The van der Waals surface area contributed by atoms with Gasteiger partial charge in [-0.15, -0.1) is 10.2 Å². The van der Waals surface area contributed by atoms with Crippen LogP contribution in [0.1, 0.15) is 19.8 Å². The van der Waals surface area contributed by atoms with Gasteiger partial charge >= 0.3 is 5.97 Å². The standard InChI is InChI=1S/C14H18N4O2S/c1-3-20-12(19)7-5-9-21-14-17-16-13(18(14)2)11-6-4-8-15-10-11/h4,6,8,10H,3,5,7,9H2,1-2H3. The van der Waals surface area contributed by atoms with Gasteiger partial charge < -0.3 is 9.30 Å². The molecule has 0 fully saturated rings. The second kappa shape index (κ2) is 7.78. The number of thioether (sulfide) groups is 1. The molecular weight excluding hydrogens is 288 g/mol.